The second-order valence-electron chi connectivity index (χ2n) is 6.57. The lowest BCUT2D eigenvalue weighted by Gasteiger charge is -2.21. The third-order valence-corrected chi connectivity index (χ3v) is 6.04. The van der Waals surface area contributed by atoms with E-state index in [1.165, 1.54) is 40.7 Å². The Morgan fingerprint density at radius 1 is 1.07 bits per heavy atom. The summed E-state index contributed by atoms with van der Waals surface area (Å²) in [6.45, 7) is 4.58. The van der Waals surface area contributed by atoms with Gasteiger partial charge in [-0.1, -0.05) is 32.0 Å². The summed E-state index contributed by atoms with van der Waals surface area (Å²) < 4.78 is 66.5. The van der Waals surface area contributed by atoms with E-state index in [0.29, 0.717) is 31.6 Å². The van der Waals surface area contributed by atoms with E-state index in [0.717, 1.165) is 6.07 Å². The molecule has 6 nitrogen and oxygen atoms in total. The Balaban J connectivity index is 2.30. The molecule has 0 bridgehead atoms. The van der Waals surface area contributed by atoms with E-state index in [1.54, 1.807) is 6.07 Å². The molecule has 164 valence electrons. The Morgan fingerprint density at radius 2 is 1.70 bits per heavy atom. The summed E-state index contributed by atoms with van der Waals surface area (Å²) in [7, 11) is -3.70. The number of para-hydroxylation sites is 1. The predicted octanol–water partition coefficient (Wildman–Crippen LogP) is 4.57. The van der Waals surface area contributed by atoms with Crippen molar-refractivity contribution in [1.29, 1.82) is 0 Å². The van der Waals surface area contributed by atoms with Gasteiger partial charge in [0, 0.05) is 18.8 Å². The molecule has 2 aromatic rings. The number of aliphatic imine (C=N–C) groups is 1. The summed E-state index contributed by atoms with van der Waals surface area (Å²) in [6, 6.07) is 10.7. The van der Waals surface area contributed by atoms with Crippen LogP contribution in [0.5, 0.6) is 0 Å². The summed E-state index contributed by atoms with van der Waals surface area (Å²) >= 11 is 0. The van der Waals surface area contributed by atoms with Crippen LogP contribution in [0.1, 0.15) is 32.3 Å². The van der Waals surface area contributed by atoms with E-state index < -0.39 is 21.8 Å². The van der Waals surface area contributed by atoms with Crippen LogP contribution in [0.25, 0.3) is 0 Å². The summed E-state index contributed by atoms with van der Waals surface area (Å²) in [4.78, 5) is 3.88. The largest absolute Gasteiger partial charge is 0.418 e. The van der Waals surface area contributed by atoms with Gasteiger partial charge in [-0.15, -0.1) is 0 Å². The number of nitrogens with two attached hydrogens (primary N) is 1. The molecule has 0 heterocycles. The highest BCUT2D eigenvalue weighted by atomic mass is 32.2. The summed E-state index contributed by atoms with van der Waals surface area (Å²) in [5.74, 6) is -0.291. The Morgan fingerprint density at radius 3 is 2.30 bits per heavy atom. The van der Waals surface area contributed by atoms with Crippen molar-refractivity contribution in [3.63, 3.8) is 0 Å². The van der Waals surface area contributed by atoms with Gasteiger partial charge >= 0.3 is 6.18 Å². The average Bonchev–Trinajstić information content (AvgIpc) is 2.67. The highest BCUT2D eigenvalue weighted by molar-refractivity contribution is 7.89. The van der Waals surface area contributed by atoms with Crippen LogP contribution in [0.3, 0.4) is 0 Å². The standard InChI is InChI=1S/C20H25F3N4O2S/c1-3-12-27(13-4-2)30(28,29)16-9-7-8-15(14-16)25-19(24)26-18-11-6-5-10-17(18)20(21,22)23/h5-11,14H,3-4,12-13H2,1-2H3,(H3,24,25,26). The van der Waals surface area contributed by atoms with Crippen molar-refractivity contribution in [3.8, 4) is 0 Å². The maximum atomic E-state index is 13.1. The molecule has 0 saturated heterocycles. The second kappa shape index (κ2) is 9.94. The molecule has 0 radical (unpaired) electrons. The molecular weight excluding hydrogens is 417 g/mol. The van der Waals surface area contributed by atoms with Gasteiger partial charge in [-0.25, -0.2) is 13.4 Å². The number of nitrogens with one attached hydrogen (secondary N) is 1. The first-order valence-corrected chi connectivity index (χ1v) is 10.9. The van der Waals surface area contributed by atoms with Gasteiger partial charge in [0.25, 0.3) is 0 Å². The molecule has 0 unspecified atom stereocenters. The summed E-state index contributed by atoms with van der Waals surface area (Å²) in [5, 5.41) is 2.66. The van der Waals surface area contributed by atoms with Gasteiger partial charge in [0.05, 0.1) is 16.1 Å². The third-order valence-electron chi connectivity index (χ3n) is 4.14. The molecule has 3 N–H and O–H groups in total. The summed E-state index contributed by atoms with van der Waals surface area (Å²) in [5.41, 5.74) is 4.82. The number of rotatable bonds is 8. The highest BCUT2D eigenvalue weighted by Crippen LogP contribution is 2.36. The number of hydrogen-bond acceptors (Lipinski definition) is 3. The monoisotopic (exact) mass is 442 g/mol. The van der Waals surface area contributed by atoms with Gasteiger partial charge in [-0.2, -0.15) is 17.5 Å². The van der Waals surface area contributed by atoms with Gasteiger partial charge in [0.2, 0.25) is 10.0 Å². The van der Waals surface area contributed by atoms with Crippen LogP contribution in [-0.2, 0) is 16.2 Å². The van der Waals surface area contributed by atoms with Crippen molar-refractivity contribution in [1.82, 2.24) is 4.31 Å². The second-order valence-corrected chi connectivity index (χ2v) is 8.51. The van der Waals surface area contributed by atoms with Crippen LogP contribution >= 0.6 is 0 Å². The van der Waals surface area contributed by atoms with Gasteiger partial charge < -0.3 is 11.1 Å². The number of hydrogen-bond donors (Lipinski definition) is 2. The van der Waals surface area contributed by atoms with E-state index in [-0.39, 0.29) is 16.5 Å². The lowest BCUT2D eigenvalue weighted by atomic mass is 10.2. The molecule has 2 rings (SSSR count). The van der Waals surface area contributed by atoms with Gasteiger partial charge in [-0.3, -0.25) is 0 Å². The molecule has 0 saturated carbocycles. The third kappa shape index (κ3) is 5.96. The number of halogens is 3. The van der Waals surface area contributed by atoms with Crippen LogP contribution in [0.2, 0.25) is 0 Å². The molecule has 0 spiro atoms. The van der Waals surface area contributed by atoms with Crippen molar-refractivity contribution in [3.05, 3.63) is 54.1 Å². The number of guanidine groups is 1. The smallest absolute Gasteiger partial charge is 0.369 e. The molecule has 2 aromatic carbocycles. The minimum atomic E-state index is -4.57. The number of alkyl halides is 3. The van der Waals surface area contributed by atoms with Gasteiger partial charge in [0.15, 0.2) is 5.96 Å². The molecule has 0 aromatic heterocycles. The topological polar surface area (TPSA) is 87.8 Å². The Kier molecular flexibility index (Phi) is 7.85. The van der Waals surface area contributed by atoms with Crippen LogP contribution in [-0.4, -0.2) is 31.8 Å². The van der Waals surface area contributed by atoms with E-state index in [2.05, 4.69) is 10.3 Å². The van der Waals surface area contributed by atoms with Crippen molar-refractivity contribution in [2.75, 3.05) is 18.4 Å². The Bertz CT molecular complexity index is 986. The molecule has 0 atom stereocenters. The normalized spacial score (nSPS) is 12.9. The maximum Gasteiger partial charge on any atom is 0.418 e. The maximum absolute atomic E-state index is 13.1. The first-order chi connectivity index (χ1) is 14.1. The van der Waals surface area contributed by atoms with E-state index in [9.17, 15) is 21.6 Å². The Hall–Kier alpha value is -2.59. The number of benzene rings is 2. The SMILES string of the molecule is CCCN(CCC)S(=O)(=O)c1cccc(NC(N)=Nc2ccccc2C(F)(F)F)c1. The number of sulfonamides is 1. The fourth-order valence-corrected chi connectivity index (χ4v) is 4.52. The molecule has 30 heavy (non-hydrogen) atoms. The van der Waals surface area contributed by atoms with E-state index in [1.807, 2.05) is 13.8 Å². The van der Waals surface area contributed by atoms with Gasteiger partial charge in [0.1, 0.15) is 0 Å². The predicted molar refractivity (Wildman–Crippen MR) is 112 cm³/mol. The zero-order valence-corrected chi connectivity index (χ0v) is 17.6. The van der Waals surface area contributed by atoms with Crippen LogP contribution in [0.4, 0.5) is 24.5 Å². The first-order valence-electron chi connectivity index (χ1n) is 9.47. The zero-order valence-electron chi connectivity index (χ0n) is 16.8. The number of nitrogens with zero attached hydrogens (tertiary/aromatic N) is 2. The van der Waals surface area contributed by atoms with Crippen LogP contribution in [0, 0.1) is 0 Å². The number of anilines is 1. The van der Waals surface area contributed by atoms with Crippen molar-refractivity contribution in [2.45, 2.75) is 37.8 Å². The van der Waals surface area contributed by atoms with Crippen molar-refractivity contribution in [2.24, 2.45) is 10.7 Å². The van der Waals surface area contributed by atoms with Crippen molar-refractivity contribution >= 4 is 27.4 Å². The molecule has 0 amide bonds. The average molecular weight is 443 g/mol. The van der Waals surface area contributed by atoms with E-state index in [4.69, 9.17) is 5.73 Å². The van der Waals surface area contributed by atoms with Crippen molar-refractivity contribution < 1.29 is 21.6 Å². The highest BCUT2D eigenvalue weighted by Gasteiger charge is 2.33. The lowest BCUT2D eigenvalue weighted by molar-refractivity contribution is -0.137. The minimum Gasteiger partial charge on any atom is -0.369 e. The minimum absolute atomic E-state index is 0.0675. The molecule has 0 aliphatic heterocycles. The van der Waals surface area contributed by atoms with E-state index >= 15 is 0 Å². The van der Waals surface area contributed by atoms with Gasteiger partial charge in [-0.05, 0) is 43.2 Å². The molecule has 0 aliphatic rings. The van der Waals surface area contributed by atoms with Crippen LogP contribution in [0.15, 0.2) is 58.4 Å². The summed E-state index contributed by atoms with van der Waals surface area (Å²) in [6.07, 6.45) is -3.22. The zero-order chi connectivity index (χ0) is 22.4. The quantitative estimate of drug-likeness (QED) is 0.463. The first kappa shape index (κ1) is 23.7. The van der Waals surface area contributed by atoms with Crippen LogP contribution < -0.4 is 11.1 Å². The molecule has 10 heteroatoms. The fraction of sp³-hybridized carbons (Fsp3) is 0.350. The fourth-order valence-electron chi connectivity index (χ4n) is 2.85. The lowest BCUT2D eigenvalue weighted by Crippen LogP contribution is -2.32. The molecule has 0 fully saturated rings. The Labute approximate surface area is 174 Å². The molecular formula is C20H25F3N4O2S. The molecule has 0 aliphatic carbocycles.